The molecule has 2 N–H and O–H groups in total. The molecule has 1 fully saturated rings. The second-order valence-corrected chi connectivity index (χ2v) is 10.6. The molecule has 2 heterocycles. The molecule has 0 unspecified atom stereocenters. The van der Waals surface area contributed by atoms with Gasteiger partial charge in [0.2, 0.25) is 6.79 Å². The third-order valence-corrected chi connectivity index (χ3v) is 7.91. The summed E-state index contributed by atoms with van der Waals surface area (Å²) in [6, 6.07) is 11.7. The molecule has 1 amide bonds. The van der Waals surface area contributed by atoms with E-state index in [-0.39, 0.29) is 33.1 Å². The molecule has 2 aliphatic heterocycles. The highest BCUT2D eigenvalue weighted by atomic mass is 35.5. The number of rotatable bonds is 13. The normalized spacial score (nSPS) is 15.2. The average Bonchev–Trinajstić information content (AvgIpc) is 2.98. The molecular weight excluding hydrogens is 571 g/mol. The predicted octanol–water partition coefficient (Wildman–Crippen LogP) is 4.35. The lowest BCUT2D eigenvalue weighted by Crippen LogP contribution is -2.46. The maximum absolute atomic E-state index is 12.1. The van der Waals surface area contributed by atoms with Crippen molar-refractivity contribution in [3.05, 3.63) is 52.0 Å². The molecule has 0 aliphatic carbocycles. The van der Waals surface area contributed by atoms with Crippen LogP contribution in [-0.4, -0.2) is 104 Å². The zero-order valence-electron chi connectivity index (χ0n) is 23.1. The average molecular weight is 610 g/mol. The minimum absolute atomic E-state index is 0.0774. The molecule has 0 spiro atoms. The van der Waals surface area contributed by atoms with Gasteiger partial charge in [0.1, 0.15) is 5.75 Å². The van der Waals surface area contributed by atoms with Gasteiger partial charge in [-0.05, 0) is 49.6 Å². The highest BCUT2D eigenvalue weighted by Crippen LogP contribution is 2.33. The Balaban J connectivity index is 1.15. The van der Waals surface area contributed by atoms with Crippen LogP contribution in [0.5, 0.6) is 5.75 Å². The molecule has 2 aromatic rings. The van der Waals surface area contributed by atoms with Gasteiger partial charge in [0.05, 0.1) is 41.2 Å². The van der Waals surface area contributed by atoms with E-state index in [4.69, 9.17) is 47.6 Å². The van der Waals surface area contributed by atoms with E-state index in [1.165, 1.54) is 4.90 Å². The molecule has 4 rings (SSSR count). The van der Waals surface area contributed by atoms with Crippen molar-refractivity contribution in [1.29, 1.82) is 0 Å². The molecule has 1 saturated heterocycles. The van der Waals surface area contributed by atoms with Crippen LogP contribution in [0.25, 0.3) is 0 Å². The number of aliphatic hydroxyl groups excluding tert-OH is 2. The van der Waals surface area contributed by atoms with Gasteiger partial charge in [0, 0.05) is 51.8 Å². The first kappa shape index (κ1) is 31.2. The van der Waals surface area contributed by atoms with Crippen molar-refractivity contribution < 1.29 is 29.2 Å². The highest BCUT2D eigenvalue weighted by molar-refractivity contribution is 6.43. The second-order valence-electron chi connectivity index (χ2n) is 9.86. The lowest BCUT2D eigenvalue weighted by molar-refractivity contribution is 0.0220. The minimum Gasteiger partial charge on any atom is -0.494 e. The number of hydrogen-bond acceptors (Lipinski definition) is 9. The summed E-state index contributed by atoms with van der Waals surface area (Å²) in [4.78, 5) is 22.6. The summed E-state index contributed by atoms with van der Waals surface area (Å²) in [6.07, 6.45) is 2.70. The van der Waals surface area contributed by atoms with E-state index in [0.717, 1.165) is 74.7 Å². The number of benzene rings is 2. The van der Waals surface area contributed by atoms with Crippen LogP contribution < -0.4 is 9.64 Å². The first-order valence-electron chi connectivity index (χ1n) is 14.0. The van der Waals surface area contributed by atoms with Crippen molar-refractivity contribution in [2.45, 2.75) is 25.7 Å². The number of halogens is 2. The van der Waals surface area contributed by atoms with E-state index in [9.17, 15) is 4.79 Å². The molecule has 12 heteroatoms. The van der Waals surface area contributed by atoms with Gasteiger partial charge < -0.3 is 34.2 Å². The zero-order chi connectivity index (χ0) is 29.0. The van der Waals surface area contributed by atoms with E-state index >= 15 is 0 Å². The van der Waals surface area contributed by atoms with Gasteiger partial charge in [-0.25, -0.2) is 9.79 Å². The molecule has 2 aliphatic rings. The first-order chi connectivity index (χ1) is 20.0. The Morgan fingerprint density at radius 3 is 2.51 bits per heavy atom. The van der Waals surface area contributed by atoms with Crippen LogP contribution in [-0.2, 0) is 15.9 Å². The fourth-order valence-corrected chi connectivity index (χ4v) is 5.25. The van der Waals surface area contributed by atoms with Crippen LogP contribution in [0.2, 0.25) is 10.0 Å². The second kappa shape index (κ2) is 16.0. The molecule has 10 nitrogen and oxygen atoms in total. The van der Waals surface area contributed by atoms with Gasteiger partial charge in [0.15, 0.2) is 5.90 Å². The van der Waals surface area contributed by atoms with E-state index in [1.54, 1.807) is 0 Å². The number of aliphatic imine (C=N–C) groups is 1. The van der Waals surface area contributed by atoms with Crippen molar-refractivity contribution >= 4 is 46.6 Å². The smallest absolute Gasteiger partial charge is 0.412 e. The maximum atomic E-state index is 12.1. The van der Waals surface area contributed by atoms with Crippen molar-refractivity contribution in [2.24, 2.45) is 4.99 Å². The van der Waals surface area contributed by atoms with Crippen LogP contribution in [0.3, 0.4) is 0 Å². The number of ether oxygens (including phenoxy) is 3. The quantitative estimate of drug-likeness (QED) is 0.255. The number of fused-ring (bicyclic) bond motifs is 1. The van der Waals surface area contributed by atoms with Gasteiger partial charge in [-0.2, -0.15) is 0 Å². The third-order valence-electron chi connectivity index (χ3n) is 7.10. The number of anilines is 1. The van der Waals surface area contributed by atoms with Gasteiger partial charge in [-0.3, -0.25) is 4.90 Å². The number of piperazine rings is 1. The monoisotopic (exact) mass is 608 g/mol. The van der Waals surface area contributed by atoms with Crippen LogP contribution in [0.15, 0.2) is 41.4 Å². The molecule has 224 valence electrons. The summed E-state index contributed by atoms with van der Waals surface area (Å²) in [6.45, 7) is 4.89. The summed E-state index contributed by atoms with van der Waals surface area (Å²) in [7, 11) is 0. The number of carbonyl (C=O) groups excluding carboxylic acids is 1. The van der Waals surface area contributed by atoms with Crippen molar-refractivity contribution in [3.8, 4) is 5.75 Å². The Bertz CT molecular complexity index is 1170. The third kappa shape index (κ3) is 9.11. The number of nitrogens with zero attached hydrogens (tertiary/aromatic N) is 4. The van der Waals surface area contributed by atoms with Gasteiger partial charge in [-0.15, -0.1) is 0 Å². The van der Waals surface area contributed by atoms with Crippen molar-refractivity contribution in [1.82, 2.24) is 9.80 Å². The van der Waals surface area contributed by atoms with E-state index in [1.807, 2.05) is 36.4 Å². The van der Waals surface area contributed by atoms with Crippen LogP contribution in [0.1, 0.15) is 24.8 Å². The molecule has 0 radical (unpaired) electrons. The van der Waals surface area contributed by atoms with Crippen molar-refractivity contribution in [2.75, 3.05) is 77.3 Å². The summed E-state index contributed by atoms with van der Waals surface area (Å²) in [5, 5.41) is 19.3. The fraction of sp³-hybridized carbons (Fsp3) is 0.517. The fourth-order valence-electron chi connectivity index (χ4n) is 4.84. The first-order valence-corrected chi connectivity index (χ1v) is 14.7. The lowest BCUT2D eigenvalue weighted by atomic mass is 10.0. The van der Waals surface area contributed by atoms with Gasteiger partial charge in [0.25, 0.3) is 0 Å². The number of carbonyl (C=O) groups is 1. The number of amides is 1. The summed E-state index contributed by atoms with van der Waals surface area (Å²) in [5.74, 6) is 1.24. The Kier molecular flexibility index (Phi) is 12.2. The van der Waals surface area contributed by atoms with Crippen LogP contribution in [0, 0.1) is 0 Å². The Labute approximate surface area is 251 Å². The number of aliphatic hydroxyl groups is 2. The summed E-state index contributed by atoms with van der Waals surface area (Å²) in [5.41, 5.74) is 2.90. The Morgan fingerprint density at radius 1 is 0.976 bits per heavy atom. The molecule has 2 aromatic carbocycles. The minimum atomic E-state index is -0.662. The van der Waals surface area contributed by atoms with Crippen molar-refractivity contribution in [3.63, 3.8) is 0 Å². The highest BCUT2D eigenvalue weighted by Gasteiger charge is 2.20. The maximum Gasteiger partial charge on any atom is 0.412 e. The largest absolute Gasteiger partial charge is 0.494 e. The topological polar surface area (TPSA) is 107 Å². The molecule has 0 bridgehead atoms. The molecule has 0 saturated carbocycles. The molecular formula is C29H38Cl2N4O6. The lowest BCUT2D eigenvalue weighted by Gasteiger charge is -2.36. The number of aryl methyl sites for hydroxylation is 1. The van der Waals surface area contributed by atoms with E-state index in [2.05, 4.69) is 14.8 Å². The van der Waals surface area contributed by atoms with Crippen LogP contribution in [0.4, 0.5) is 16.2 Å². The molecule has 0 atom stereocenters. The SMILES string of the molecule is O=C(OCOC1=Nc2cc(OCCCCN3CCN(c4cccc(Cl)c4Cl)CC3)ccc2CC1)N(CCO)CCO. The van der Waals surface area contributed by atoms with Crippen LogP contribution >= 0.6 is 23.2 Å². The zero-order valence-corrected chi connectivity index (χ0v) is 24.7. The number of unbranched alkanes of at least 4 members (excludes halogenated alkanes) is 1. The molecule has 41 heavy (non-hydrogen) atoms. The molecule has 0 aromatic heterocycles. The Morgan fingerprint density at radius 2 is 1.76 bits per heavy atom. The Hall–Kier alpha value is -2.76. The number of hydrogen-bond donors (Lipinski definition) is 2. The predicted molar refractivity (Wildman–Crippen MR) is 160 cm³/mol. The summed E-state index contributed by atoms with van der Waals surface area (Å²) < 4.78 is 16.7. The summed E-state index contributed by atoms with van der Waals surface area (Å²) >= 11 is 12.6. The standard InChI is InChI=1S/C29H38Cl2N4O6/c30-24-4-3-5-26(28(24)31)34-13-11-33(12-14-34)10-1-2-19-39-23-8-6-22-7-9-27(32-25(22)20-23)40-21-41-29(38)35(15-17-36)16-18-37/h3-6,8,20,36-37H,1-2,7,9-19,21H2. The van der Waals surface area contributed by atoms with Gasteiger partial charge >= 0.3 is 6.09 Å². The van der Waals surface area contributed by atoms with Gasteiger partial charge in [-0.1, -0.05) is 35.3 Å². The van der Waals surface area contributed by atoms with E-state index < -0.39 is 6.09 Å². The van der Waals surface area contributed by atoms with E-state index in [0.29, 0.717) is 29.0 Å².